The highest BCUT2D eigenvalue weighted by Gasteiger charge is 2.52. The third kappa shape index (κ3) is 6.48. The molecule has 0 unspecified atom stereocenters. The Labute approximate surface area is 238 Å². The molecule has 1 aromatic carbocycles. The average molecular weight is 554 g/mol. The number of nitrogen functional groups attached to an aromatic ring is 1. The van der Waals surface area contributed by atoms with Gasteiger partial charge in [-0.15, -0.1) is 0 Å². The first-order valence-corrected chi connectivity index (χ1v) is 15.7. The number of piperidine rings is 2. The normalized spacial score (nSPS) is 31.7. The first-order valence-electron chi connectivity index (χ1n) is 15.7. The number of nitrogens with two attached hydrogens (primary N) is 1. The fourth-order valence-corrected chi connectivity index (χ4v) is 8.62. The number of hydrogen-bond donors (Lipinski definition) is 2. The van der Waals surface area contributed by atoms with Gasteiger partial charge in [-0.25, -0.2) is 9.59 Å². The fraction of sp³-hybridized carbons (Fsp3) is 0.719. The average Bonchev–Trinajstić information content (AvgIpc) is 2.93. The molecule has 1 aromatic rings. The van der Waals surface area contributed by atoms with Crippen LogP contribution >= 0.6 is 0 Å². The van der Waals surface area contributed by atoms with Crippen LogP contribution in [-0.2, 0) is 23.9 Å². The van der Waals surface area contributed by atoms with Crippen molar-refractivity contribution in [3.63, 3.8) is 0 Å². The van der Waals surface area contributed by atoms with Crippen molar-refractivity contribution >= 4 is 29.1 Å². The third-order valence-corrected chi connectivity index (χ3v) is 10.0. The Morgan fingerprint density at radius 3 is 2.45 bits per heavy atom. The second kappa shape index (κ2) is 12.9. The third-order valence-electron chi connectivity index (χ3n) is 10.0. The summed E-state index contributed by atoms with van der Waals surface area (Å²) >= 11 is 0. The number of carbonyl (C=O) groups excluding carboxylic acids is 3. The second-order valence-electron chi connectivity index (χ2n) is 12.7. The number of ether oxygens (including phenoxy) is 2. The van der Waals surface area contributed by atoms with Gasteiger partial charge in [-0.1, -0.05) is 37.8 Å². The van der Waals surface area contributed by atoms with Crippen molar-refractivity contribution in [2.75, 3.05) is 24.3 Å². The number of ketones is 1. The van der Waals surface area contributed by atoms with Crippen LogP contribution in [0.2, 0.25) is 0 Å². The number of rotatable bonds is 11. The van der Waals surface area contributed by atoms with Crippen molar-refractivity contribution in [3.05, 3.63) is 24.3 Å². The number of nitrogens with one attached hydrogen (secondary N) is 1. The Bertz CT molecular complexity index is 1050. The molecule has 4 aliphatic rings. The van der Waals surface area contributed by atoms with Crippen LogP contribution in [0.1, 0.15) is 96.8 Å². The van der Waals surface area contributed by atoms with Gasteiger partial charge in [-0.2, -0.15) is 0 Å². The number of hydrogen-bond acceptors (Lipinski definition) is 8. The Morgan fingerprint density at radius 1 is 0.950 bits per heavy atom. The number of para-hydroxylation sites is 2. The molecule has 0 radical (unpaired) electrons. The first kappa shape index (κ1) is 28.9. The van der Waals surface area contributed by atoms with Crippen molar-refractivity contribution < 1.29 is 23.9 Å². The van der Waals surface area contributed by atoms with Crippen molar-refractivity contribution in [3.8, 4) is 0 Å². The Balaban J connectivity index is 1.26. The zero-order valence-corrected chi connectivity index (χ0v) is 24.1. The molecular weight excluding hydrogens is 506 g/mol. The van der Waals surface area contributed by atoms with Crippen molar-refractivity contribution in [2.24, 2.45) is 11.8 Å². The van der Waals surface area contributed by atoms with E-state index < -0.39 is 17.7 Å². The maximum Gasteiger partial charge on any atom is 0.386 e. The first-order chi connectivity index (χ1) is 19.4. The Hall–Kier alpha value is -2.61. The van der Waals surface area contributed by atoms with Gasteiger partial charge in [-0.05, 0) is 95.1 Å². The van der Waals surface area contributed by atoms with Gasteiger partial charge in [-0.3, -0.25) is 9.69 Å². The van der Waals surface area contributed by atoms with E-state index in [-0.39, 0.29) is 18.8 Å². The SMILES string of the molecule is CCOC(=O)C(=O)C(=O)OCCCC[C@@]12CCC[C@@H](C[C@@H](Nc3ccccc3N)C1)N2[C@H]1C[C@@H]2CCC[C@@H](C2)C1. The van der Waals surface area contributed by atoms with Gasteiger partial charge >= 0.3 is 17.7 Å². The van der Waals surface area contributed by atoms with Gasteiger partial charge in [0.1, 0.15) is 0 Å². The highest BCUT2D eigenvalue weighted by atomic mass is 16.6. The molecule has 220 valence electrons. The molecule has 8 nitrogen and oxygen atoms in total. The van der Waals surface area contributed by atoms with Gasteiger partial charge in [0.05, 0.1) is 24.6 Å². The lowest BCUT2D eigenvalue weighted by Gasteiger charge is -2.62. The van der Waals surface area contributed by atoms with E-state index >= 15 is 0 Å². The molecule has 2 heterocycles. The summed E-state index contributed by atoms with van der Waals surface area (Å²) in [5.41, 5.74) is 8.25. The maximum absolute atomic E-state index is 12.0. The molecule has 4 bridgehead atoms. The van der Waals surface area contributed by atoms with Crippen LogP contribution in [-0.4, -0.2) is 59.5 Å². The maximum atomic E-state index is 12.0. The standard InChI is InChI=1S/C32H47N3O5/c1-2-39-30(37)29(36)31(38)40-16-6-5-14-32-15-8-11-25(20-24(21-32)34-28-13-4-3-12-27(28)33)35(32)26-18-22-9-7-10-23(17-22)19-26/h3-4,12-13,22-26,34H,2,5-11,14-21,33H2,1H3/t22-,23+,24-,25+,26+,32-/m1/s1. The minimum absolute atomic E-state index is 0.0482. The van der Waals surface area contributed by atoms with E-state index in [4.69, 9.17) is 10.5 Å². The molecular formula is C32H47N3O5. The molecule has 0 spiro atoms. The highest BCUT2D eigenvalue weighted by molar-refractivity contribution is 6.60. The van der Waals surface area contributed by atoms with Crippen molar-refractivity contribution in [1.29, 1.82) is 0 Å². The van der Waals surface area contributed by atoms with E-state index in [2.05, 4.69) is 21.0 Å². The monoisotopic (exact) mass is 553 g/mol. The summed E-state index contributed by atoms with van der Waals surface area (Å²) in [6, 6.07) is 9.67. The molecule has 2 aliphatic heterocycles. The molecule has 2 saturated heterocycles. The van der Waals surface area contributed by atoms with E-state index in [1.807, 2.05) is 18.2 Å². The lowest BCUT2D eigenvalue weighted by atomic mass is 9.64. The predicted molar refractivity (Wildman–Crippen MR) is 155 cm³/mol. The van der Waals surface area contributed by atoms with Gasteiger partial charge in [0.2, 0.25) is 0 Å². The summed E-state index contributed by atoms with van der Waals surface area (Å²) in [6.45, 7) is 1.78. The van der Waals surface area contributed by atoms with Gasteiger partial charge in [0.25, 0.3) is 0 Å². The lowest BCUT2D eigenvalue weighted by molar-refractivity contribution is -0.164. The van der Waals surface area contributed by atoms with E-state index in [1.54, 1.807) is 6.92 Å². The van der Waals surface area contributed by atoms with Crippen LogP contribution < -0.4 is 11.1 Å². The lowest BCUT2D eigenvalue weighted by Crippen LogP contribution is -2.67. The Morgan fingerprint density at radius 2 is 1.70 bits per heavy atom. The number of fused-ring (bicyclic) bond motifs is 4. The molecule has 0 aromatic heterocycles. The molecule has 2 saturated carbocycles. The molecule has 0 amide bonds. The molecule has 4 fully saturated rings. The van der Waals surface area contributed by atoms with E-state index in [9.17, 15) is 14.4 Å². The summed E-state index contributed by atoms with van der Waals surface area (Å²) in [7, 11) is 0. The van der Waals surface area contributed by atoms with Crippen LogP contribution in [0, 0.1) is 11.8 Å². The zero-order chi connectivity index (χ0) is 28.1. The quantitative estimate of drug-likeness (QED) is 0.126. The minimum atomic E-state index is -1.23. The van der Waals surface area contributed by atoms with Crippen LogP contribution in [0.25, 0.3) is 0 Å². The number of carbonyl (C=O) groups is 3. The number of nitrogens with zero attached hydrogens (tertiary/aromatic N) is 1. The summed E-state index contributed by atoms with van der Waals surface area (Å²) in [6.07, 6.45) is 16.9. The van der Waals surface area contributed by atoms with Crippen LogP contribution in [0.3, 0.4) is 0 Å². The number of Topliss-reactive ketones (excluding diaryl/α,β-unsaturated/α-hetero) is 1. The summed E-state index contributed by atoms with van der Waals surface area (Å²) in [5.74, 6) is -1.73. The summed E-state index contributed by atoms with van der Waals surface area (Å²) < 4.78 is 9.76. The number of anilines is 2. The van der Waals surface area contributed by atoms with Crippen LogP contribution in [0.15, 0.2) is 24.3 Å². The molecule has 2 aliphatic carbocycles. The molecule has 40 heavy (non-hydrogen) atoms. The zero-order valence-electron chi connectivity index (χ0n) is 24.1. The summed E-state index contributed by atoms with van der Waals surface area (Å²) in [5, 5.41) is 3.81. The van der Waals surface area contributed by atoms with E-state index in [0.717, 1.165) is 48.9 Å². The van der Waals surface area contributed by atoms with Gasteiger partial charge < -0.3 is 20.5 Å². The second-order valence-corrected chi connectivity index (χ2v) is 12.7. The molecule has 5 rings (SSSR count). The smallest absolute Gasteiger partial charge is 0.386 e. The molecule has 6 atom stereocenters. The topological polar surface area (TPSA) is 111 Å². The number of esters is 2. The van der Waals surface area contributed by atoms with Gasteiger partial charge in [0, 0.05) is 23.7 Å². The van der Waals surface area contributed by atoms with E-state index in [1.165, 1.54) is 57.8 Å². The van der Waals surface area contributed by atoms with Crippen molar-refractivity contribution in [2.45, 2.75) is 120 Å². The van der Waals surface area contributed by atoms with Crippen LogP contribution in [0.5, 0.6) is 0 Å². The number of benzene rings is 1. The predicted octanol–water partition coefficient (Wildman–Crippen LogP) is 5.25. The number of unbranched alkanes of at least 4 members (excludes halogenated alkanes) is 1. The molecule has 3 N–H and O–H groups in total. The van der Waals surface area contributed by atoms with E-state index in [0.29, 0.717) is 24.5 Å². The van der Waals surface area contributed by atoms with Crippen LogP contribution in [0.4, 0.5) is 11.4 Å². The minimum Gasteiger partial charge on any atom is -0.460 e. The Kier molecular flexibility index (Phi) is 9.34. The fourth-order valence-electron chi connectivity index (χ4n) is 8.62. The molecule has 8 heteroatoms. The van der Waals surface area contributed by atoms with Crippen molar-refractivity contribution in [1.82, 2.24) is 4.90 Å². The van der Waals surface area contributed by atoms with Gasteiger partial charge in [0.15, 0.2) is 0 Å². The summed E-state index contributed by atoms with van der Waals surface area (Å²) in [4.78, 5) is 38.4. The largest absolute Gasteiger partial charge is 0.460 e. The highest BCUT2D eigenvalue weighted by Crippen LogP contribution is 2.51.